The molecule has 0 atom stereocenters. The van der Waals surface area contributed by atoms with Gasteiger partial charge in [0.1, 0.15) is 0 Å². The van der Waals surface area contributed by atoms with Crippen molar-refractivity contribution in [2.45, 2.75) is 0 Å². The van der Waals surface area contributed by atoms with Gasteiger partial charge in [-0.2, -0.15) is 0 Å². The first-order chi connectivity index (χ1) is 8.20. The van der Waals surface area contributed by atoms with E-state index in [1.165, 1.54) is 0 Å². The zero-order chi connectivity index (χ0) is 12.3. The van der Waals surface area contributed by atoms with Crippen molar-refractivity contribution in [2.75, 3.05) is 7.11 Å². The average molecular weight is 290 g/mol. The van der Waals surface area contributed by atoms with E-state index in [0.29, 0.717) is 5.88 Å². The summed E-state index contributed by atoms with van der Waals surface area (Å²) in [6.07, 6.45) is 1.77. The van der Waals surface area contributed by atoms with E-state index in [9.17, 15) is 0 Å². The maximum absolute atomic E-state index is 5.03. The van der Waals surface area contributed by atoms with Gasteiger partial charge in [0.15, 0.2) is 0 Å². The third-order valence-corrected chi connectivity index (χ3v) is 2.96. The van der Waals surface area contributed by atoms with Crippen molar-refractivity contribution in [3.05, 3.63) is 64.8 Å². The minimum absolute atomic E-state index is 0.607. The Hall–Kier alpha value is -1.61. The minimum atomic E-state index is 0.607. The fourth-order valence-electron chi connectivity index (χ4n) is 1.52. The quantitative estimate of drug-likeness (QED) is 0.855. The molecular formula is C14H12BrNO. The molecule has 86 valence electrons. The molecule has 1 aromatic heterocycles. The molecule has 0 aliphatic carbocycles. The highest BCUT2D eigenvalue weighted by Gasteiger charge is 2.03. The molecule has 0 aliphatic rings. The fraction of sp³-hybridized carbons (Fsp3) is 0.0714. The van der Waals surface area contributed by atoms with E-state index in [0.717, 1.165) is 21.2 Å². The van der Waals surface area contributed by atoms with Crippen LogP contribution in [0.4, 0.5) is 0 Å². The van der Waals surface area contributed by atoms with Crippen LogP contribution in [0.5, 0.6) is 5.88 Å². The molecule has 2 rings (SSSR count). The number of nitrogens with zero attached hydrogens (tertiary/aromatic N) is 1. The van der Waals surface area contributed by atoms with Crippen LogP contribution in [-0.2, 0) is 0 Å². The second-order valence-electron chi connectivity index (χ2n) is 3.58. The van der Waals surface area contributed by atoms with Crippen molar-refractivity contribution in [3.63, 3.8) is 0 Å². The van der Waals surface area contributed by atoms with Gasteiger partial charge < -0.3 is 4.74 Å². The van der Waals surface area contributed by atoms with Crippen molar-refractivity contribution in [2.24, 2.45) is 0 Å². The molecule has 2 nitrogen and oxygen atoms in total. The molecule has 0 bridgehead atoms. The summed E-state index contributed by atoms with van der Waals surface area (Å²) in [6.45, 7) is 4.09. The Balaban J connectivity index is 2.30. The largest absolute Gasteiger partial charge is 0.481 e. The molecule has 0 unspecified atom stereocenters. The van der Waals surface area contributed by atoms with Crippen LogP contribution < -0.4 is 4.74 Å². The number of methoxy groups -OCH3 is 1. The second kappa shape index (κ2) is 5.15. The Morgan fingerprint density at radius 1 is 1.24 bits per heavy atom. The number of rotatable bonds is 3. The van der Waals surface area contributed by atoms with Gasteiger partial charge in [0.05, 0.1) is 7.11 Å². The molecule has 0 N–H and O–H groups in total. The average Bonchev–Trinajstić information content (AvgIpc) is 2.38. The van der Waals surface area contributed by atoms with Crippen LogP contribution >= 0.6 is 15.9 Å². The van der Waals surface area contributed by atoms with E-state index < -0.39 is 0 Å². The number of aromatic nitrogens is 1. The summed E-state index contributed by atoms with van der Waals surface area (Å²) in [5.74, 6) is 0.607. The van der Waals surface area contributed by atoms with Crippen molar-refractivity contribution >= 4 is 21.5 Å². The van der Waals surface area contributed by atoms with Gasteiger partial charge in [-0.1, -0.05) is 34.6 Å². The Bertz CT molecular complexity index is 534. The lowest BCUT2D eigenvalue weighted by Gasteiger charge is -2.07. The lowest BCUT2D eigenvalue weighted by Crippen LogP contribution is -1.90. The van der Waals surface area contributed by atoms with Crippen molar-refractivity contribution < 1.29 is 4.74 Å². The van der Waals surface area contributed by atoms with E-state index in [1.54, 1.807) is 13.3 Å². The van der Waals surface area contributed by atoms with Gasteiger partial charge in [-0.05, 0) is 29.3 Å². The van der Waals surface area contributed by atoms with E-state index in [2.05, 4.69) is 27.5 Å². The van der Waals surface area contributed by atoms with E-state index in [1.807, 2.05) is 36.4 Å². The summed E-state index contributed by atoms with van der Waals surface area (Å²) < 4.78 is 6.06. The number of hydrogen-bond acceptors (Lipinski definition) is 2. The number of pyridine rings is 1. The lowest BCUT2D eigenvalue weighted by molar-refractivity contribution is 0.398. The predicted octanol–water partition coefficient (Wildman–Crippen LogP) is 3.91. The normalized spacial score (nSPS) is 10.0. The molecule has 0 amide bonds. The van der Waals surface area contributed by atoms with E-state index in [-0.39, 0.29) is 0 Å². The van der Waals surface area contributed by atoms with E-state index >= 15 is 0 Å². The topological polar surface area (TPSA) is 22.1 Å². The fourth-order valence-corrected chi connectivity index (χ4v) is 1.92. The molecule has 2 aromatic rings. The van der Waals surface area contributed by atoms with E-state index in [4.69, 9.17) is 4.74 Å². The molecule has 0 radical (unpaired) electrons. The van der Waals surface area contributed by atoms with Crippen molar-refractivity contribution in [1.82, 2.24) is 4.98 Å². The molecule has 0 spiro atoms. The van der Waals surface area contributed by atoms with Crippen LogP contribution in [0.2, 0.25) is 0 Å². The van der Waals surface area contributed by atoms with Gasteiger partial charge in [-0.15, -0.1) is 0 Å². The van der Waals surface area contributed by atoms with Crippen LogP contribution in [0.25, 0.3) is 5.57 Å². The van der Waals surface area contributed by atoms with Crippen LogP contribution in [0.15, 0.2) is 53.6 Å². The summed E-state index contributed by atoms with van der Waals surface area (Å²) in [4.78, 5) is 4.17. The Labute approximate surface area is 109 Å². The zero-order valence-corrected chi connectivity index (χ0v) is 11.1. The second-order valence-corrected chi connectivity index (χ2v) is 4.49. The summed E-state index contributed by atoms with van der Waals surface area (Å²) in [5, 5.41) is 0. The minimum Gasteiger partial charge on any atom is -0.481 e. The standard InChI is InChI=1S/C14H12BrNO/c1-10(11-4-3-5-13(15)8-11)12-6-7-14(17-2)16-9-12/h3-9H,1H2,2H3. The maximum atomic E-state index is 5.03. The molecule has 0 fully saturated rings. The number of benzene rings is 1. The van der Waals surface area contributed by atoms with Gasteiger partial charge >= 0.3 is 0 Å². The van der Waals surface area contributed by atoms with Crippen molar-refractivity contribution in [1.29, 1.82) is 0 Å². The third kappa shape index (κ3) is 2.74. The third-order valence-electron chi connectivity index (χ3n) is 2.47. The summed E-state index contributed by atoms with van der Waals surface area (Å²) in [6, 6.07) is 11.8. The van der Waals surface area contributed by atoms with Crippen LogP contribution in [0.3, 0.4) is 0 Å². The Morgan fingerprint density at radius 3 is 2.65 bits per heavy atom. The Kier molecular flexibility index (Phi) is 3.59. The van der Waals surface area contributed by atoms with Gasteiger partial charge in [0.2, 0.25) is 5.88 Å². The van der Waals surface area contributed by atoms with Gasteiger partial charge in [0, 0.05) is 22.3 Å². The molecule has 1 aromatic carbocycles. The van der Waals surface area contributed by atoms with Gasteiger partial charge in [-0.3, -0.25) is 0 Å². The summed E-state index contributed by atoms with van der Waals surface area (Å²) in [5.41, 5.74) is 3.01. The number of hydrogen-bond donors (Lipinski definition) is 0. The van der Waals surface area contributed by atoms with Crippen molar-refractivity contribution in [3.8, 4) is 5.88 Å². The summed E-state index contributed by atoms with van der Waals surface area (Å²) in [7, 11) is 1.60. The monoisotopic (exact) mass is 289 g/mol. The molecule has 0 aliphatic heterocycles. The number of halogens is 1. The highest BCUT2D eigenvalue weighted by Crippen LogP contribution is 2.24. The Morgan fingerprint density at radius 2 is 2.06 bits per heavy atom. The van der Waals surface area contributed by atoms with Crippen LogP contribution in [0, 0.1) is 0 Å². The molecule has 1 heterocycles. The first-order valence-electron chi connectivity index (χ1n) is 5.16. The summed E-state index contributed by atoms with van der Waals surface area (Å²) >= 11 is 3.45. The molecule has 0 saturated carbocycles. The lowest BCUT2D eigenvalue weighted by atomic mass is 10.0. The molecule has 3 heteroatoms. The van der Waals surface area contributed by atoms with Gasteiger partial charge in [-0.25, -0.2) is 4.98 Å². The number of ether oxygens (including phenoxy) is 1. The van der Waals surface area contributed by atoms with Crippen LogP contribution in [-0.4, -0.2) is 12.1 Å². The predicted molar refractivity (Wildman–Crippen MR) is 73.1 cm³/mol. The first kappa shape index (κ1) is 11.9. The molecule has 17 heavy (non-hydrogen) atoms. The highest BCUT2D eigenvalue weighted by molar-refractivity contribution is 9.10. The van der Waals surface area contributed by atoms with Gasteiger partial charge in [0.25, 0.3) is 0 Å². The highest BCUT2D eigenvalue weighted by atomic mass is 79.9. The first-order valence-corrected chi connectivity index (χ1v) is 5.95. The molecule has 0 saturated heterocycles. The smallest absolute Gasteiger partial charge is 0.212 e. The molecular weight excluding hydrogens is 278 g/mol. The maximum Gasteiger partial charge on any atom is 0.212 e. The van der Waals surface area contributed by atoms with Crippen LogP contribution in [0.1, 0.15) is 11.1 Å². The zero-order valence-electron chi connectivity index (χ0n) is 9.48. The SMILES string of the molecule is C=C(c1ccc(OC)nc1)c1cccc(Br)c1.